The van der Waals surface area contributed by atoms with Gasteiger partial charge in [-0.15, -0.1) is 0 Å². The van der Waals surface area contributed by atoms with Crippen LogP contribution in [0.4, 0.5) is 22.0 Å². The van der Waals surface area contributed by atoms with Gasteiger partial charge in [0.05, 0.1) is 6.54 Å². The molecule has 0 saturated carbocycles. The van der Waals surface area contributed by atoms with Gasteiger partial charge in [0.25, 0.3) is 0 Å². The summed E-state index contributed by atoms with van der Waals surface area (Å²) < 4.78 is 61.9. The Hall–Kier alpha value is -1.17. The van der Waals surface area contributed by atoms with Crippen molar-refractivity contribution >= 4 is 0 Å². The van der Waals surface area contributed by atoms with E-state index in [1.807, 2.05) is 0 Å². The molecule has 0 fully saturated rings. The molecule has 1 unspecified atom stereocenters. The molecule has 6 heteroatoms. The molecule has 0 aliphatic rings. The van der Waals surface area contributed by atoms with Crippen molar-refractivity contribution in [2.24, 2.45) is 0 Å². The van der Waals surface area contributed by atoms with Crippen molar-refractivity contribution < 1.29 is 22.0 Å². The lowest BCUT2D eigenvalue weighted by molar-refractivity contribution is -0.126. The average molecular weight is 267 g/mol. The molecule has 0 aliphatic carbocycles. The Morgan fingerprint density at radius 1 is 1.28 bits per heavy atom. The van der Waals surface area contributed by atoms with Crippen molar-refractivity contribution in [1.29, 1.82) is 0 Å². The standard InChI is InChI=1S/C12H14F5N/c1-8(18-7-12(16,17)11(14)15)5-9-3-2-4-10(13)6-9/h2-4,6,8,11,18H,5,7H2,1H3. The lowest BCUT2D eigenvalue weighted by atomic mass is 10.1. The third kappa shape index (κ3) is 4.60. The minimum Gasteiger partial charge on any atom is -0.308 e. The van der Waals surface area contributed by atoms with E-state index in [4.69, 9.17) is 0 Å². The van der Waals surface area contributed by atoms with Crippen molar-refractivity contribution in [2.45, 2.75) is 31.7 Å². The maximum atomic E-state index is 12.9. The Balaban J connectivity index is 2.45. The molecule has 0 bridgehead atoms. The SMILES string of the molecule is CC(Cc1cccc(F)c1)NCC(F)(F)C(F)F. The van der Waals surface area contributed by atoms with Gasteiger partial charge in [-0.25, -0.2) is 13.2 Å². The summed E-state index contributed by atoms with van der Waals surface area (Å²) in [5.74, 6) is -4.46. The minimum absolute atomic E-state index is 0.289. The van der Waals surface area contributed by atoms with Gasteiger partial charge in [0.2, 0.25) is 0 Å². The van der Waals surface area contributed by atoms with Gasteiger partial charge in [-0.05, 0) is 31.0 Å². The van der Waals surface area contributed by atoms with Crippen molar-refractivity contribution in [3.8, 4) is 0 Å². The van der Waals surface area contributed by atoms with Gasteiger partial charge in [0, 0.05) is 6.04 Å². The Morgan fingerprint density at radius 3 is 2.50 bits per heavy atom. The number of rotatable bonds is 6. The molecule has 1 rings (SSSR count). The number of alkyl halides is 4. The van der Waals surface area contributed by atoms with Crippen LogP contribution in [0.25, 0.3) is 0 Å². The maximum Gasteiger partial charge on any atom is 0.319 e. The second-order valence-corrected chi connectivity index (χ2v) is 4.18. The molecular weight excluding hydrogens is 253 g/mol. The summed E-state index contributed by atoms with van der Waals surface area (Å²) in [5, 5.41) is 2.32. The molecule has 0 amide bonds. The molecule has 1 nitrogen and oxygen atoms in total. The van der Waals surface area contributed by atoms with Crippen LogP contribution in [0, 0.1) is 5.82 Å². The van der Waals surface area contributed by atoms with Crippen LogP contribution in [-0.2, 0) is 6.42 Å². The van der Waals surface area contributed by atoms with Crippen molar-refractivity contribution in [2.75, 3.05) is 6.54 Å². The Bertz CT molecular complexity index is 380. The summed E-state index contributed by atoms with van der Waals surface area (Å²) in [6.45, 7) is 0.480. The quantitative estimate of drug-likeness (QED) is 0.780. The first kappa shape index (κ1) is 14.9. The minimum atomic E-state index is -4.05. The van der Waals surface area contributed by atoms with E-state index in [9.17, 15) is 22.0 Å². The zero-order valence-electron chi connectivity index (χ0n) is 9.77. The zero-order valence-corrected chi connectivity index (χ0v) is 9.77. The van der Waals surface area contributed by atoms with Crippen molar-refractivity contribution in [3.05, 3.63) is 35.6 Å². The highest BCUT2D eigenvalue weighted by Crippen LogP contribution is 2.21. The van der Waals surface area contributed by atoms with Crippen LogP contribution in [0.3, 0.4) is 0 Å². The Morgan fingerprint density at radius 2 is 1.94 bits per heavy atom. The zero-order chi connectivity index (χ0) is 13.8. The first-order chi connectivity index (χ1) is 8.31. The molecule has 1 aromatic rings. The van der Waals surface area contributed by atoms with E-state index in [2.05, 4.69) is 5.32 Å². The molecule has 102 valence electrons. The Kier molecular flexibility index (Phi) is 5.07. The van der Waals surface area contributed by atoms with Crippen LogP contribution in [0.5, 0.6) is 0 Å². The lowest BCUT2D eigenvalue weighted by Crippen LogP contribution is -2.42. The van der Waals surface area contributed by atoms with Crippen LogP contribution in [0.15, 0.2) is 24.3 Å². The monoisotopic (exact) mass is 267 g/mol. The third-order valence-electron chi connectivity index (χ3n) is 2.44. The fourth-order valence-corrected chi connectivity index (χ4v) is 1.48. The lowest BCUT2D eigenvalue weighted by Gasteiger charge is -2.19. The van der Waals surface area contributed by atoms with Crippen LogP contribution in [-0.4, -0.2) is 24.9 Å². The van der Waals surface area contributed by atoms with Crippen LogP contribution in [0.2, 0.25) is 0 Å². The largest absolute Gasteiger partial charge is 0.319 e. The highest BCUT2D eigenvalue weighted by Gasteiger charge is 2.40. The van der Waals surface area contributed by atoms with Gasteiger partial charge in [-0.3, -0.25) is 0 Å². The first-order valence-corrected chi connectivity index (χ1v) is 5.45. The van der Waals surface area contributed by atoms with E-state index >= 15 is 0 Å². The molecule has 0 spiro atoms. The number of hydrogen-bond donors (Lipinski definition) is 1. The van der Waals surface area contributed by atoms with Crippen molar-refractivity contribution in [3.63, 3.8) is 0 Å². The predicted octanol–water partition coefficient (Wildman–Crippen LogP) is 3.25. The molecule has 0 saturated heterocycles. The van der Waals surface area contributed by atoms with E-state index in [1.54, 1.807) is 13.0 Å². The van der Waals surface area contributed by atoms with Crippen molar-refractivity contribution in [1.82, 2.24) is 5.32 Å². The smallest absolute Gasteiger partial charge is 0.308 e. The summed E-state index contributed by atoms with van der Waals surface area (Å²) in [6.07, 6.45) is -3.40. The van der Waals surface area contributed by atoms with Crippen LogP contribution >= 0.6 is 0 Å². The van der Waals surface area contributed by atoms with E-state index in [-0.39, 0.29) is 6.42 Å². The number of nitrogens with one attached hydrogen (secondary N) is 1. The summed E-state index contributed by atoms with van der Waals surface area (Å²) >= 11 is 0. The number of hydrogen-bond acceptors (Lipinski definition) is 1. The van der Waals surface area contributed by atoms with Gasteiger partial charge < -0.3 is 5.32 Å². The normalized spacial score (nSPS) is 13.9. The maximum absolute atomic E-state index is 12.9. The Labute approximate surface area is 102 Å². The highest BCUT2D eigenvalue weighted by atomic mass is 19.3. The number of benzene rings is 1. The van der Waals surface area contributed by atoms with E-state index in [0.29, 0.717) is 5.56 Å². The summed E-state index contributed by atoms with van der Waals surface area (Å²) in [4.78, 5) is 0. The molecule has 1 atom stereocenters. The van der Waals surface area contributed by atoms with Gasteiger partial charge in [-0.1, -0.05) is 12.1 Å². The van der Waals surface area contributed by atoms with Gasteiger partial charge in [0.15, 0.2) is 0 Å². The fraction of sp³-hybridized carbons (Fsp3) is 0.500. The topological polar surface area (TPSA) is 12.0 Å². The highest BCUT2D eigenvalue weighted by molar-refractivity contribution is 5.17. The van der Waals surface area contributed by atoms with Gasteiger partial charge >= 0.3 is 12.3 Å². The van der Waals surface area contributed by atoms with Crippen LogP contribution in [0.1, 0.15) is 12.5 Å². The molecule has 0 aromatic heterocycles. The molecule has 0 radical (unpaired) electrons. The molecular formula is C12H14F5N. The van der Waals surface area contributed by atoms with E-state index in [1.165, 1.54) is 18.2 Å². The first-order valence-electron chi connectivity index (χ1n) is 5.45. The average Bonchev–Trinajstić information content (AvgIpc) is 2.26. The summed E-state index contributed by atoms with van der Waals surface area (Å²) in [6, 6.07) is 5.25. The third-order valence-corrected chi connectivity index (χ3v) is 2.44. The second-order valence-electron chi connectivity index (χ2n) is 4.18. The van der Waals surface area contributed by atoms with Crippen LogP contribution < -0.4 is 5.32 Å². The summed E-state index contributed by atoms with van der Waals surface area (Å²) in [7, 11) is 0. The molecule has 0 aliphatic heterocycles. The van der Waals surface area contributed by atoms with Gasteiger partial charge in [0.1, 0.15) is 5.82 Å². The van der Waals surface area contributed by atoms with E-state index in [0.717, 1.165) is 0 Å². The molecule has 1 N–H and O–H groups in total. The summed E-state index contributed by atoms with van der Waals surface area (Å²) in [5.41, 5.74) is 0.621. The van der Waals surface area contributed by atoms with E-state index < -0.39 is 30.8 Å². The second kappa shape index (κ2) is 6.13. The molecule has 1 aromatic carbocycles. The van der Waals surface area contributed by atoms with Gasteiger partial charge in [-0.2, -0.15) is 8.78 Å². The molecule has 0 heterocycles. The fourth-order valence-electron chi connectivity index (χ4n) is 1.48. The molecule has 18 heavy (non-hydrogen) atoms. The predicted molar refractivity (Wildman–Crippen MR) is 58.5 cm³/mol. The number of halogens is 5.